The normalized spacial score (nSPS) is 13.9. The highest BCUT2D eigenvalue weighted by atomic mass is 31.2. The van der Waals surface area contributed by atoms with Crippen molar-refractivity contribution in [3.05, 3.63) is 72.0 Å². The molecule has 0 aliphatic heterocycles. The summed E-state index contributed by atoms with van der Waals surface area (Å²) in [5.41, 5.74) is 0.882. The van der Waals surface area contributed by atoms with E-state index in [9.17, 15) is 4.57 Å². The Hall–Kier alpha value is -1.59. The molecule has 0 aliphatic carbocycles. The minimum Gasteiger partial charge on any atom is -0.309 e. The molecule has 0 saturated heterocycles. The Kier molecular flexibility index (Phi) is 6.39. The van der Waals surface area contributed by atoms with Gasteiger partial charge in [-0.25, -0.2) is 0 Å². The number of hydrogen-bond donors (Lipinski definition) is 0. The van der Waals surface area contributed by atoms with E-state index in [-0.39, 0.29) is 12.7 Å². The van der Waals surface area contributed by atoms with Crippen LogP contribution in [0.15, 0.2) is 72.0 Å². The number of benzene rings is 2. The molecule has 0 N–H and O–H groups in total. The largest absolute Gasteiger partial charge is 0.309 e. The van der Waals surface area contributed by atoms with Crippen molar-refractivity contribution in [2.75, 3.05) is 0 Å². The van der Waals surface area contributed by atoms with E-state index in [0.717, 1.165) is 31.3 Å². The molecule has 0 atom stereocenters. The maximum Gasteiger partial charge on any atom is 0.164 e. The van der Waals surface area contributed by atoms with Crippen molar-refractivity contribution in [1.82, 2.24) is 0 Å². The topological polar surface area (TPSA) is 17.1 Å². The van der Waals surface area contributed by atoms with E-state index in [4.69, 9.17) is 2.74 Å². The summed E-state index contributed by atoms with van der Waals surface area (Å²) < 4.78 is 30.7. The van der Waals surface area contributed by atoms with Crippen LogP contribution in [0.1, 0.15) is 55.1 Å². The van der Waals surface area contributed by atoms with Crippen LogP contribution in [0.4, 0.5) is 0 Å². The minimum absolute atomic E-state index is 0.231. The van der Waals surface area contributed by atoms with Gasteiger partial charge in [0.25, 0.3) is 0 Å². The molecule has 0 radical (unpaired) electrons. The second kappa shape index (κ2) is 9.64. The molecular formula is C22H29OP. The summed E-state index contributed by atoms with van der Waals surface area (Å²) >= 11 is 0. The van der Waals surface area contributed by atoms with Crippen LogP contribution in [0, 0.1) is 0 Å². The summed E-state index contributed by atoms with van der Waals surface area (Å²) in [5.74, 6) is 0.235. The average Bonchev–Trinajstić information content (AvgIpc) is 2.70. The van der Waals surface area contributed by atoms with E-state index in [0.29, 0.717) is 17.0 Å². The molecule has 0 aromatic heterocycles. The zero-order chi connectivity index (χ0) is 18.8. The first-order valence-electron chi connectivity index (χ1n) is 10.0. The maximum atomic E-state index is 14.2. The first kappa shape index (κ1) is 15.9. The Morgan fingerprint density at radius 3 is 2.08 bits per heavy atom. The van der Waals surface area contributed by atoms with E-state index >= 15 is 0 Å². The zero-order valence-corrected chi connectivity index (χ0v) is 15.5. The third kappa shape index (κ3) is 4.95. The molecule has 2 heteroatoms. The lowest BCUT2D eigenvalue weighted by Gasteiger charge is -2.18. The Morgan fingerprint density at radius 2 is 1.58 bits per heavy atom. The molecule has 2 aromatic rings. The molecule has 0 unspecified atom stereocenters. The van der Waals surface area contributed by atoms with Crippen molar-refractivity contribution in [2.45, 2.75) is 52.3 Å². The molecule has 0 saturated carbocycles. The van der Waals surface area contributed by atoms with Gasteiger partial charge in [-0.3, -0.25) is 0 Å². The SMILES string of the molecule is [2H]CC/C(CCCCCC)=C(\[2H])P(=O)(c1ccccc1)c1ccccc1. The van der Waals surface area contributed by atoms with Crippen molar-refractivity contribution < 1.29 is 7.31 Å². The highest BCUT2D eigenvalue weighted by Crippen LogP contribution is 2.46. The van der Waals surface area contributed by atoms with Crippen molar-refractivity contribution in [1.29, 1.82) is 0 Å². The third-order valence-electron chi connectivity index (χ3n) is 4.19. The van der Waals surface area contributed by atoms with Gasteiger partial charge < -0.3 is 4.57 Å². The van der Waals surface area contributed by atoms with Crippen molar-refractivity contribution in [2.24, 2.45) is 0 Å². The first-order valence-corrected chi connectivity index (χ1v) is 10.5. The van der Waals surface area contributed by atoms with Crippen LogP contribution in [-0.2, 0) is 4.57 Å². The van der Waals surface area contributed by atoms with Crippen LogP contribution in [-0.4, -0.2) is 0 Å². The third-order valence-corrected chi connectivity index (χ3v) is 6.87. The van der Waals surface area contributed by atoms with Crippen molar-refractivity contribution >= 4 is 17.8 Å². The molecule has 2 rings (SSSR count). The predicted octanol–water partition coefficient (Wildman–Crippen LogP) is 6.26. The summed E-state index contributed by atoms with van der Waals surface area (Å²) in [7, 11) is -3.19. The summed E-state index contributed by atoms with van der Waals surface area (Å²) in [4.78, 5) is 0. The van der Waals surface area contributed by atoms with Gasteiger partial charge in [0, 0.05) is 12.0 Å². The molecule has 0 amide bonds. The standard InChI is InChI=1S/C22H29OP/c1-3-5-6-9-14-20(4-2)19-24(23,21-15-10-7-11-16-21)22-17-12-8-13-18-22/h7-8,10-13,15-19H,3-6,9,14H2,1-2H3/b20-19-/i2D,19D. The Labute approximate surface area is 150 Å². The van der Waals surface area contributed by atoms with Gasteiger partial charge in [0.1, 0.15) is 0 Å². The molecule has 128 valence electrons. The Balaban J connectivity index is 2.50. The van der Waals surface area contributed by atoms with Gasteiger partial charge in [-0.1, -0.05) is 99.3 Å². The second-order valence-corrected chi connectivity index (χ2v) is 8.53. The van der Waals surface area contributed by atoms with Gasteiger partial charge in [0.2, 0.25) is 0 Å². The average molecular weight is 342 g/mol. The summed E-state index contributed by atoms with van der Waals surface area (Å²) in [5, 5.41) is 1.40. The van der Waals surface area contributed by atoms with E-state index in [1.54, 1.807) is 0 Å². The minimum atomic E-state index is -3.19. The smallest absolute Gasteiger partial charge is 0.164 e. The van der Waals surface area contributed by atoms with Crippen LogP contribution in [0.25, 0.3) is 0 Å². The molecule has 0 heterocycles. The molecule has 0 aliphatic rings. The van der Waals surface area contributed by atoms with Crippen molar-refractivity contribution in [3.8, 4) is 0 Å². The second-order valence-electron chi connectivity index (χ2n) is 6.06. The number of hydrogen-bond acceptors (Lipinski definition) is 1. The maximum absolute atomic E-state index is 14.2. The quantitative estimate of drug-likeness (QED) is 0.388. The van der Waals surface area contributed by atoms with Crippen LogP contribution in [0.2, 0.25) is 0 Å². The van der Waals surface area contributed by atoms with Gasteiger partial charge >= 0.3 is 0 Å². The summed E-state index contributed by atoms with van der Waals surface area (Å²) in [6.45, 7) is 2.41. The van der Waals surface area contributed by atoms with E-state index in [1.807, 2.05) is 60.7 Å². The van der Waals surface area contributed by atoms with E-state index in [2.05, 4.69) is 6.92 Å². The van der Waals surface area contributed by atoms with Crippen LogP contribution < -0.4 is 10.6 Å². The molecule has 0 bridgehead atoms. The number of unbranched alkanes of at least 4 members (excludes halogenated alkanes) is 3. The lowest BCUT2D eigenvalue weighted by atomic mass is 10.1. The molecule has 1 nitrogen and oxygen atoms in total. The molecule has 0 fully saturated rings. The zero-order valence-electron chi connectivity index (χ0n) is 16.6. The predicted molar refractivity (Wildman–Crippen MR) is 107 cm³/mol. The lowest BCUT2D eigenvalue weighted by molar-refractivity contribution is 0.591. The monoisotopic (exact) mass is 342 g/mol. The fourth-order valence-electron chi connectivity index (χ4n) is 2.78. The van der Waals surface area contributed by atoms with Gasteiger partial charge in [-0.15, -0.1) is 0 Å². The number of allylic oxidation sites excluding steroid dienone is 1. The Bertz CT molecular complexity index is 698. The molecule has 2 aromatic carbocycles. The van der Waals surface area contributed by atoms with Gasteiger partial charge in [-0.2, -0.15) is 0 Å². The van der Waals surface area contributed by atoms with Gasteiger partial charge in [0.15, 0.2) is 7.14 Å². The first-order chi connectivity index (χ1) is 12.6. The fraction of sp³-hybridized carbons (Fsp3) is 0.364. The molecule has 0 spiro atoms. The summed E-state index contributed by atoms with van der Waals surface area (Å²) in [6.07, 6.45) is 5.74. The molecular weight excluding hydrogens is 311 g/mol. The van der Waals surface area contributed by atoms with Gasteiger partial charge in [-0.05, 0) is 25.1 Å². The van der Waals surface area contributed by atoms with E-state index in [1.165, 1.54) is 6.42 Å². The van der Waals surface area contributed by atoms with E-state index < -0.39 is 7.14 Å². The van der Waals surface area contributed by atoms with Crippen molar-refractivity contribution in [3.63, 3.8) is 0 Å². The van der Waals surface area contributed by atoms with Crippen LogP contribution in [0.3, 0.4) is 0 Å². The van der Waals surface area contributed by atoms with Crippen LogP contribution in [0.5, 0.6) is 0 Å². The fourth-order valence-corrected chi connectivity index (χ4v) is 5.19. The number of rotatable bonds is 9. The highest BCUT2D eigenvalue weighted by molar-refractivity contribution is 7.81. The Morgan fingerprint density at radius 1 is 1.00 bits per heavy atom. The lowest BCUT2D eigenvalue weighted by Crippen LogP contribution is -2.14. The molecule has 24 heavy (non-hydrogen) atoms. The van der Waals surface area contributed by atoms with Crippen LogP contribution >= 0.6 is 7.14 Å². The highest BCUT2D eigenvalue weighted by Gasteiger charge is 2.24. The summed E-state index contributed by atoms with van der Waals surface area (Å²) in [6, 6.07) is 18.8. The van der Waals surface area contributed by atoms with Gasteiger partial charge in [0.05, 0.1) is 1.37 Å².